The number of hydrogen-bond acceptors (Lipinski definition) is 0. The van der Waals surface area contributed by atoms with Gasteiger partial charge in [-0.2, -0.15) is 0 Å². The number of rotatable bonds is 5. The van der Waals surface area contributed by atoms with Crippen LogP contribution in [0.3, 0.4) is 0 Å². The minimum atomic E-state index is -0.372. The zero-order valence-corrected chi connectivity index (χ0v) is 38.3. The molecule has 0 unspecified atom stereocenters. The van der Waals surface area contributed by atoms with Gasteiger partial charge in [-0.3, -0.25) is 0 Å². The monoisotopic (exact) mass is 885 g/mol. The number of benzene rings is 12. The maximum atomic E-state index is 2.49. The third kappa shape index (κ3) is 5.43. The SMILES string of the molecule is c1ccc(-c2c3ccccc3c(-c3ccc(-n4c5ccccc5c5cc(-c6cccc(-c7ccc8c(c7)C7(c9ccccc9-c9ccccc97)c7ccccc7-8)c6)ccc54)cc3)c3ccccc23)cc1. The molecule has 12 aromatic carbocycles. The summed E-state index contributed by atoms with van der Waals surface area (Å²) in [6.07, 6.45) is 0. The molecular weight excluding hydrogens is 843 g/mol. The van der Waals surface area contributed by atoms with E-state index in [1.54, 1.807) is 0 Å². The maximum Gasteiger partial charge on any atom is 0.0725 e. The minimum Gasteiger partial charge on any atom is -0.309 e. The van der Waals surface area contributed by atoms with E-state index in [2.05, 4.69) is 265 Å². The molecule has 1 heteroatoms. The van der Waals surface area contributed by atoms with E-state index in [4.69, 9.17) is 0 Å². The lowest BCUT2D eigenvalue weighted by Gasteiger charge is -2.30. The Morgan fingerprint density at radius 1 is 0.229 bits per heavy atom. The Kier molecular flexibility index (Phi) is 8.35. The second kappa shape index (κ2) is 15.0. The first-order valence-corrected chi connectivity index (χ1v) is 24.4. The van der Waals surface area contributed by atoms with E-state index in [1.165, 1.54) is 132 Å². The van der Waals surface area contributed by atoms with Gasteiger partial charge >= 0.3 is 0 Å². The molecule has 1 spiro atoms. The molecule has 1 nitrogen and oxygen atoms in total. The molecule has 15 rings (SSSR count). The molecule has 324 valence electrons. The van der Waals surface area contributed by atoms with Crippen molar-refractivity contribution in [3.8, 4) is 72.4 Å². The van der Waals surface area contributed by atoms with Gasteiger partial charge in [0.15, 0.2) is 0 Å². The predicted octanol–water partition coefficient (Wildman–Crippen LogP) is 18.1. The van der Waals surface area contributed by atoms with Gasteiger partial charge in [0.05, 0.1) is 16.4 Å². The van der Waals surface area contributed by atoms with Crippen LogP contribution in [0.2, 0.25) is 0 Å². The van der Waals surface area contributed by atoms with Crippen molar-refractivity contribution >= 4 is 43.4 Å². The molecule has 2 aliphatic rings. The lowest BCUT2D eigenvalue weighted by Crippen LogP contribution is -2.25. The summed E-state index contributed by atoms with van der Waals surface area (Å²) >= 11 is 0. The Balaban J connectivity index is 0.829. The molecule has 2 aliphatic carbocycles. The Morgan fingerprint density at radius 2 is 0.629 bits per heavy atom. The molecule has 0 saturated carbocycles. The third-order valence-electron chi connectivity index (χ3n) is 15.6. The average Bonchev–Trinajstić information content (AvgIpc) is 4.05. The Bertz CT molecular complexity index is 4160. The van der Waals surface area contributed by atoms with Crippen LogP contribution in [0.15, 0.2) is 261 Å². The summed E-state index contributed by atoms with van der Waals surface area (Å²) in [6, 6.07) is 97.2. The van der Waals surface area contributed by atoms with E-state index in [-0.39, 0.29) is 5.41 Å². The van der Waals surface area contributed by atoms with Crippen molar-refractivity contribution in [2.45, 2.75) is 5.41 Å². The zero-order valence-electron chi connectivity index (χ0n) is 38.3. The molecule has 0 saturated heterocycles. The van der Waals surface area contributed by atoms with Crippen LogP contribution in [0.1, 0.15) is 22.3 Å². The lowest BCUT2D eigenvalue weighted by molar-refractivity contribution is 0.794. The van der Waals surface area contributed by atoms with E-state index in [0.29, 0.717) is 0 Å². The van der Waals surface area contributed by atoms with Crippen LogP contribution in [0.4, 0.5) is 0 Å². The fraction of sp³-hybridized carbons (Fsp3) is 0.0145. The molecule has 0 fully saturated rings. The van der Waals surface area contributed by atoms with E-state index in [1.807, 2.05) is 0 Å². The Labute approximate surface area is 406 Å². The van der Waals surface area contributed by atoms with Crippen LogP contribution in [0, 0.1) is 0 Å². The highest BCUT2D eigenvalue weighted by Gasteiger charge is 2.51. The first-order chi connectivity index (χ1) is 34.7. The van der Waals surface area contributed by atoms with Gasteiger partial charge in [0.25, 0.3) is 0 Å². The number of nitrogens with zero attached hydrogens (tertiary/aromatic N) is 1. The molecule has 0 bridgehead atoms. The van der Waals surface area contributed by atoms with Crippen molar-refractivity contribution in [1.29, 1.82) is 0 Å². The summed E-state index contributed by atoms with van der Waals surface area (Å²) < 4.78 is 2.43. The standard InChI is InChI=1S/C69H43N/c1-2-17-44(18-3-1)67-56-25-4-6-27-58(56)68(59-28-7-5-26-57(59)67)45-33-37-50(38-34-45)70-65-32-15-11-24-55(65)60-42-48(36-40-66(60)70)46-19-16-20-47(41-46)49-35-39-54-53-23-10-14-31-63(53)69(64(54)43-49)61-29-12-8-21-51(61)52-22-9-13-30-62(52)69/h1-43H. The quantitative estimate of drug-likeness (QED) is 0.152. The van der Waals surface area contributed by atoms with E-state index < -0.39 is 0 Å². The van der Waals surface area contributed by atoms with Crippen molar-refractivity contribution in [3.05, 3.63) is 283 Å². The molecule has 0 N–H and O–H groups in total. The summed E-state index contributed by atoms with van der Waals surface area (Å²) in [5, 5.41) is 7.54. The van der Waals surface area contributed by atoms with Gasteiger partial charge in [0.1, 0.15) is 0 Å². The maximum absolute atomic E-state index is 2.49. The van der Waals surface area contributed by atoms with Crippen LogP contribution in [-0.2, 0) is 5.41 Å². The van der Waals surface area contributed by atoms with Gasteiger partial charge in [0, 0.05) is 16.5 Å². The molecule has 1 heterocycles. The lowest BCUT2D eigenvalue weighted by atomic mass is 9.70. The van der Waals surface area contributed by atoms with Gasteiger partial charge in [-0.15, -0.1) is 0 Å². The first kappa shape index (κ1) is 39.0. The normalized spacial score (nSPS) is 13.0. The number of hydrogen-bond donors (Lipinski definition) is 0. The summed E-state index contributed by atoms with van der Waals surface area (Å²) in [5.41, 5.74) is 23.8. The van der Waals surface area contributed by atoms with Crippen LogP contribution >= 0.6 is 0 Å². The van der Waals surface area contributed by atoms with Crippen molar-refractivity contribution in [2.24, 2.45) is 0 Å². The van der Waals surface area contributed by atoms with Crippen molar-refractivity contribution in [1.82, 2.24) is 4.57 Å². The van der Waals surface area contributed by atoms with Gasteiger partial charge in [-0.25, -0.2) is 0 Å². The molecule has 0 aliphatic heterocycles. The fourth-order valence-corrected chi connectivity index (χ4v) is 12.7. The number of fused-ring (bicyclic) bond motifs is 15. The van der Waals surface area contributed by atoms with Gasteiger partial charge < -0.3 is 4.57 Å². The van der Waals surface area contributed by atoms with Crippen LogP contribution < -0.4 is 0 Å². The molecule has 13 aromatic rings. The van der Waals surface area contributed by atoms with Gasteiger partial charge in [-0.05, 0) is 153 Å². The highest BCUT2D eigenvalue weighted by atomic mass is 15.0. The Hall–Kier alpha value is -9.04. The van der Waals surface area contributed by atoms with Crippen molar-refractivity contribution in [2.75, 3.05) is 0 Å². The molecule has 0 amide bonds. The van der Waals surface area contributed by atoms with Crippen molar-refractivity contribution < 1.29 is 0 Å². The van der Waals surface area contributed by atoms with Crippen LogP contribution in [0.5, 0.6) is 0 Å². The van der Waals surface area contributed by atoms with E-state index in [0.717, 1.165) is 5.69 Å². The highest BCUT2D eigenvalue weighted by Crippen LogP contribution is 2.63. The molecule has 1 aromatic heterocycles. The topological polar surface area (TPSA) is 4.93 Å². The number of para-hydroxylation sites is 1. The number of aromatic nitrogens is 1. The summed E-state index contributed by atoms with van der Waals surface area (Å²) in [4.78, 5) is 0. The fourth-order valence-electron chi connectivity index (χ4n) is 12.7. The average molecular weight is 886 g/mol. The highest BCUT2D eigenvalue weighted by molar-refractivity contribution is 6.21. The van der Waals surface area contributed by atoms with Gasteiger partial charge in [0.2, 0.25) is 0 Å². The molecule has 0 radical (unpaired) electrons. The second-order valence-corrected chi connectivity index (χ2v) is 19.1. The largest absolute Gasteiger partial charge is 0.309 e. The van der Waals surface area contributed by atoms with Crippen LogP contribution in [0.25, 0.3) is 116 Å². The third-order valence-corrected chi connectivity index (χ3v) is 15.6. The summed E-state index contributed by atoms with van der Waals surface area (Å²) in [7, 11) is 0. The van der Waals surface area contributed by atoms with Crippen LogP contribution in [-0.4, -0.2) is 4.57 Å². The van der Waals surface area contributed by atoms with E-state index >= 15 is 0 Å². The van der Waals surface area contributed by atoms with Crippen molar-refractivity contribution in [3.63, 3.8) is 0 Å². The molecule has 0 atom stereocenters. The van der Waals surface area contributed by atoms with Gasteiger partial charge in [-0.1, -0.05) is 218 Å². The predicted molar refractivity (Wildman–Crippen MR) is 294 cm³/mol. The Morgan fingerprint density at radius 3 is 1.21 bits per heavy atom. The van der Waals surface area contributed by atoms with E-state index in [9.17, 15) is 0 Å². The molecular formula is C69H43N. The summed E-state index contributed by atoms with van der Waals surface area (Å²) in [5.74, 6) is 0. The molecule has 70 heavy (non-hydrogen) atoms. The zero-order chi connectivity index (χ0) is 45.9. The summed E-state index contributed by atoms with van der Waals surface area (Å²) in [6.45, 7) is 0. The smallest absolute Gasteiger partial charge is 0.0725 e. The second-order valence-electron chi connectivity index (χ2n) is 19.1. The first-order valence-electron chi connectivity index (χ1n) is 24.4. The minimum absolute atomic E-state index is 0.372.